The first kappa shape index (κ1) is 12.2. The molecule has 0 saturated carbocycles. The van der Waals surface area contributed by atoms with Crippen LogP contribution in [-0.2, 0) is 6.54 Å². The Morgan fingerprint density at radius 3 is 2.89 bits per heavy atom. The van der Waals surface area contributed by atoms with E-state index in [0.717, 1.165) is 20.9 Å². The van der Waals surface area contributed by atoms with Gasteiger partial charge < -0.3 is 10.3 Å². The van der Waals surface area contributed by atoms with Crippen molar-refractivity contribution in [1.29, 1.82) is 0 Å². The number of H-pyrrole nitrogens is 1. The fourth-order valence-electron chi connectivity index (χ4n) is 2.04. The van der Waals surface area contributed by atoms with Crippen molar-refractivity contribution in [2.24, 2.45) is 0 Å². The molecule has 19 heavy (non-hydrogen) atoms. The van der Waals surface area contributed by atoms with Gasteiger partial charge in [-0.1, -0.05) is 22.0 Å². The van der Waals surface area contributed by atoms with Crippen molar-refractivity contribution in [2.45, 2.75) is 6.54 Å². The average molecular weight is 319 g/mol. The van der Waals surface area contributed by atoms with Crippen molar-refractivity contribution >= 4 is 32.5 Å². The standard InChI is InChI=1S/C15H12BrFN2/c16-12-2-3-13(17)15(8-12)19-9-10-1-4-14-11(7-10)5-6-18-14/h1-8,18-19H,9H2. The molecule has 0 aliphatic rings. The maximum Gasteiger partial charge on any atom is 0.146 e. The van der Waals surface area contributed by atoms with Crippen molar-refractivity contribution in [1.82, 2.24) is 4.98 Å². The number of fused-ring (bicyclic) bond motifs is 1. The Bertz CT molecular complexity index is 721. The summed E-state index contributed by atoms with van der Waals surface area (Å²) in [5, 5.41) is 4.27. The van der Waals surface area contributed by atoms with Gasteiger partial charge in [0.1, 0.15) is 5.82 Å². The number of aromatic nitrogens is 1. The lowest BCUT2D eigenvalue weighted by Crippen LogP contribution is -2.01. The summed E-state index contributed by atoms with van der Waals surface area (Å²) in [4.78, 5) is 3.15. The second-order valence-electron chi connectivity index (χ2n) is 4.38. The number of hydrogen-bond acceptors (Lipinski definition) is 1. The second-order valence-corrected chi connectivity index (χ2v) is 5.29. The van der Waals surface area contributed by atoms with Gasteiger partial charge in [-0.2, -0.15) is 0 Å². The molecule has 0 atom stereocenters. The first-order valence-corrected chi connectivity index (χ1v) is 6.76. The molecule has 2 nitrogen and oxygen atoms in total. The fraction of sp³-hybridized carbons (Fsp3) is 0.0667. The second kappa shape index (κ2) is 5.05. The number of aromatic amines is 1. The molecule has 0 aliphatic carbocycles. The zero-order valence-electron chi connectivity index (χ0n) is 10.1. The topological polar surface area (TPSA) is 27.8 Å². The summed E-state index contributed by atoms with van der Waals surface area (Å²) in [6, 6.07) is 13.1. The Morgan fingerprint density at radius 1 is 1.11 bits per heavy atom. The van der Waals surface area contributed by atoms with Crippen LogP contribution < -0.4 is 5.32 Å². The Balaban J connectivity index is 1.79. The van der Waals surface area contributed by atoms with Gasteiger partial charge in [-0.3, -0.25) is 0 Å². The largest absolute Gasteiger partial charge is 0.379 e. The van der Waals surface area contributed by atoms with E-state index >= 15 is 0 Å². The van der Waals surface area contributed by atoms with E-state index in [9.17, 15) is 4.39 Å². The van der Waals surface area contributed by atoms with Gasteiger partial charge in [0.15, 0.2) is 0 Å². The van der Waals surface area contributed by atoms with E-state index in [4.69, 9.17) is 0 Å². The van der Waals surface area contributed by atoms with Crippen LogP contribution in [-0.4, -0.2) is 4.98 Å². The quantitative estimate of drug-likeness (QED) is 0.721. The van der Waals surface area contributed by atoms with Crippen LogP contribution in [0.2, 0.25) is 0 Å². The first-order valence-electron chi connectivity index (χ1n) is 5.97. The van der Waals surface area contributed by atoms with Gasteiger partial charge in [-0.25, -0.2) is 4.39 Å². The molecule has 0 spiro atoms. The minimum atomic E-state index is -0.245. The zero-order valence-corrected chi connectivity index (χ0v) is 11.7. The third-order valence-corrected chi connectivity index (χ3v) is 3.52. The van der Waals surface area contributed by atoms with Crippen LogP contribution in [0.1, 0.15) is 5.56 Å². The molecule has 0 radical (unpaired) electrons. The lowest BCUT2D eigenvalue weighted by Gasteiger charge is -2.08. The molecule has 0 unspecified atom stereocenters. The van der Waals surface area contributed by atoms with Crippen molar-refractivity contribution in [2.75, 3.05) is 5.32 Å². The van der Waals surface area contributed by atoms with E-state index in [1.54, 1.807) is 12.1 Å². The van der Waals surface area contributed by atoms with Gasteiger partial charge in [-0.15, -0.1) is 0 Å². The molecule has 2 N–H and O–H groups in total. The minimum absolute atomic E-state index is 0.245. The molecule has 2 aromatic carbocycles. The van der Waals surface area contributed by atoms with Gasteiger partial charge in [-0.05, 0) is 47.3 Å². The van der Waals surface area contributed by atoms with Crippen LogP contribution in [0.25, 0.3) is 10.9 Å². The van der Waals surface area contributed by atoms with E-state index in [2.05, 4.69) is 32.3 Å². The van der Waals surface area contributed by atoms with Crippen LogP contribution in [0.15, 0.2) is 53.1 Å². The fourth-order valence-corrected chi connectivity index (χ4v) is 2.40. The highest BCUT2D eigenvalue weighted by atomic mass is 79.9. The van der Waals surface area contributed by atoms with E-state index < -0.39 is 0 Å². The van der Waals surface area contributed by atoms with Gasteiger partial charge >= 0.3 is 0 Å². The summed E-state index contributed by atoms with van der Waals surface area (Å²) in [5.74, 6) is -0.245. The SMILES string of the molecule is Fc1ccc(Br)cc1NCc1ccc2[nH]ccc2c1. The molecule has 0 aliphatic heterocycles. The van der Waals surface area contributed by atoms with Crippen LogP contribution in [0.3, 0.4) is 0 Å². The molecular weight excluding hydrogens is 307 g/mol. The van der Waals surface area contributed by atoms with Gasteiger partial charge in [0.05, 0.1) is 5.69 Å². The van der Waals surface area contributed by atoms with Gasteiger partial charge in [0.2, 0.25) is 0 Å². The highest BCUT2D eigenvalue weighted by Crippen LogP contribution is 2.21. The molecular formula is C15H12BrFN2. The minimum Gasteiger partial charge on any atom is -0.379 e. The van der Waals surface area contributed by atoms with E-state index in [0.29, 0.717) is 12.2 Å². The van der Waals surface area contributed by atoms with Crippen LogP contribution in [0, 0.1) is 5.82 Å². The summed E-state index contributed by atoms with van der Waals surface area (Å²) in [5.41, 5.74) is 2.73. The summed E-state index contributed by atoms with van der Waals surface area (Å²) in [7, 11) is 0. The molecule has 96 valence electrons. The maximum absolute atomic E-state index is 13.6. The van der Waals surface area contributed by atoms with E-state index in [1.807, 2.05) is 24.4 Å². The number of hydrogen-bond donors (Lipinski definition) is 2. The molecule has 3 rings (SSSR count). The Kier molecular flexibility index (Phi) is 3.25. The summed E-state index contributed by atoms with van der Waals surface area (Å²) in [6.07, 6.45) is 1.91. The lowest BCUT2D eigenvalue weighted by molar-refractivity contribution is 0.630. The van der Waals surface area contributed by atoms with E-state index in [1.165, 1.54) is 6.07 Å². The van der Waals surface area contributed by atoms with Gasteiger partial charge in [0.25, 0.3) is 0 Å². The first-order chi connectivity index (χ1) is 9.22. The van der Waals surface area contributed by atoms with Gasteiger partial charge in [0, 0.05) is 22.7 Å². The Labute approximate surface area is 118 Å². The molecule has 0 amide bonds. The Hall–Kier alpha value is -1.81. The van der Waals surface area contributed by atoms with Crippen LogP contribution >= 0.6 is 15.9 Å². The lowest BCUT2D eigenvalue weighted by atomic mass is 10.1. The molecule has 0 fully saturated rings. The highest BCUT2D eigenvalue weighted by Gasteiger charge is 2.03. The number of anilines is 1. The smallest absolute Gasteiger partial charge is 0.146 e. The summed E-state index contributed by atoms with van der Waals surface area (Å²) >= 11 is 3.34. The number of benzene rings is 2. The average Bonchev–Trinajstić information content (AvgIpc) is 2.87. The molecule has 1 heterocycles. The van der Waals surface area contributed by atoms with Crippen molar-refractivity contribution < 1.29 is 4.39 Å². The van der Waals surface area contributed by atoms with Crippen molar-refractivity contribution in [3.05, 3.63) is 64.5 Å². The summed E-state index contributed by atoms with van der Waals surface area (Å²) < 4.78 is 14.4. The third kappa shape index (κ3) is 2.63. The number of nitrogens with one attached hydrogen (secondary N) is 2. The monoisotopic (exact) mass is 318 g/mol. The normalized spacial score (nSPS) is 10.8. The van der Waals surface area contributed by atoms with Crippen LogP contribution in [0.5, 0.6) is 0 Å². The predicted molar refractivity (Wildman–Crippen MR) is 79.7 cm³/mol. The third-order valence-electron chi connectivity index (χ3n) is 3.03. The van der Waals surface area contributed by atoms with Crippen LogP contribution in [0.4, 0.5) is 10.1 Å². The summed E-state index contributed by atoms with van der Waals surface area (Å²) in [6.45, 7) is 0.592. The predicted octanol–water partition coefficient (Wildman–Crippen LogP) is 4.68. The molecule has 0 saturated heterocycles. The number of halogens is 2. The van der Waals surface area contributed by atoms with E-state index in [-0.39, 0.29) is 5.82 Å². The molecule has 3 aromatic rings. The molecule has 1 aromatic heterocycles. The van der Waals surface area contributed by atoms with Crippen molar-refractivity contribution in [3.63, 3.8) is 0 Å². The maximum atomic E-state index is 13.6. The molecule has 4 heteroatoms. The molecule has 0 bridgehead atoms. The highest BCUT2D eigenvalue weighted by molar-refractivity contribution is 9.10. The number of rotatable bonds is 3. The zero-order chi connectivity index (χ0) is 13.2. The van der Waals surface area contributed by atoms with Crippen molar-refractivity contribution in [3.8, 4) is 0 Å². The Morgan fingerprint density at radius 2 is 2.00 bits per heavy atom.